The fraction of sp³-hybridized carbons (Fsp3) is 0.304. The first kappa shape index (κ1) is 22.0. The van der Waals surface area contributed by atoms with E-state index >= 15 is 0 Å². The lowest BCUT2D eigenvalue weighted by atomic mass is 10.2. The molecule has 0 saturated carbocycles. The molecule has 1 N–H and O–H groups in total. The van der Waals surface area contributed by atoms with E-state index in [1.807, 2.05) is 24.3 Å². The number of hydrogen-bond donors (Lipinski definition) is 1. The molecule has 2 aromatic carbocycles. The van der Waals surface area contributed by atoms with Crippen LogP contribution in [-0.4, -0.2) is 48.4 Å². The summed E-state index contributed by atoms with van der Waals surface area (Å²) < 4.78 is 34.0. The van der Waals surface area contributed by atoms with E-state index in [-0.39, 0.29) is 16.5 Å². The maximum absolute atomic E-state index is 12.8. The van der Waals surface area contributed by atoms with Crippen LogP contribution >= 0.6 is 0 Å². The minimum atomic E-state index is -3.47. The standard InChI is InChI=1S/C23H26N4O4S/c1-31-20-7-5-6-18(14-20)15-24-23(28)22-16-26(17-25-22)19-8-10-21(11-9-19)32(29,30)27-12-3-2-4-13-27/h5-11,14,16-17H,2-4,12-13,15H2,1H3,(H,24,28). The molecule has 0 aliphatic carbocycles. The van der Waals surface area contributed by atoms with Crippen molar-refractivity contribution in [2.45, 2.75) is 30.7 Å². The summed E-state index contributed by atoms with van der Waals surface area (Å²) in [6.07, 6.45) is 6.02. The number of carbonyl (C=O) groups excluding carboxylic acids is 1. The minimum absolute atomic E-state index is 0.276. The fourth-order valence-corrected chi connectivity index (χ4v) is 5.20. The molecule has 1 amide bonds. The molecule has 2 heterocycles. The Bertz CT molecular complexity index is 1180. The zero-order valence-electron chi connectivity index (χ0n) is 17.9. The maximum Gasteiger partial charge on any atom is 0.271 e. The lowest BCUT2D eigenvalue weighted by Gasteiger charge is -2.25. The van der Waals surface area contributed by atoms with Crippen molar-refractivity contribution in [3.05, 3.63) is 72.3 Å². The van der Waals surface area contributed by atoms with Gasteiger partial charge in [-0.25, -0.2) is 13.4 Å². The van der Waals surface area contributed by atoms with Crippen LogP contribution in [-0.2, 0) is 16.6 Å². The van der Waals surface area contributed by atoms with Crippen molar-refractivity contribution in [2.75, 3.05) is 20.2 Å². The highest BCUT2D eigenvalue weighted by molar-refractivity contribution is 7.89. The molecule has 0 spiro atoms. The van der Waals surface area contributed by atoms with E-state index in [9.17, 15) is 13.2 Å². The maximum atomic E-state index is 12.8. The van der Waals surface area contributed by atoms with E-state index in [1.165, 1.54) is 6.33 Å². The Morgan fingerprint density at radius 3 is 2.56 bits per heavy atom. The molecule has 0 unspecified atom stereocenters. The summed E-state index contributed by atoms with van der Waals surface area (Å²) in [6, 6.07) is 14.1. The molecule has 1 aliphatic heterocycles. The summed E-state index contributed by atoms with van der Waals surface area (Å²) in [5, 5.41) is 2.84. The van der Waals surface area contributed by atoms with Crippen LogP contribution in [0.4, 0.5) is 0 Å². The van der Waals surface area contributed by atoms with Gasteiger partial charge in [0.1, 0.15) is 17.8 Å². The number of carbonyl (C=O) groups is 1. The van der Waals surface area contributed by atoms with Crippen LogP contribution in [0.3, 0.4) is 0 Å². The van der Waals surface area contributed by atoms with E-state index in [1.54, 1.807) is 46.4 Å². The van der Waals surface area contributed by atoms with Crippen LogP contribution in [0.15, 0.2) is 66.0 Å². The summed E-state index contributed by atoms with van der Waals surface area (Å²) in [7, 11) is -1.88. The molecule has 1 aromatic heterocycles. The van der Waals surface area contributed by atoms with Gasteiger partial charge in [0.25, 0.3) is 5.91 Å². The number of benzene rings is 2. The highest BCUT2D eigenvalue weighted by atomic mass is 32.2. The van der Waals surface area contributed by atoms with Gasteiger partial charge in [0.15, 0.2) is 0 Å². The molecule has 32 heavy (non-hydrogen) atoms. The normalized spacial score (nSPS) is 14.8. The van der Waals surface area contributed by atoms with Crippen LogP contribution in [0, 0.1) is 0 Å². The Balaban J connectivity index is 1.42. The quantitative estimate of drug-likeness (QED) is 0.592. The number of methoxy groups -OCH3 is 1. The molecule has 4 rings (SSSR count). The van der Waals surface area contributed by atoms with E-state index in [4.69, 9.17) is 4.74 Å². The lowest BCUT2D eigenvalue weighted by molar-refractivity contribution is 0.0946. The van der Waals surface area contributed by atoms with Crippen molar-refractivity contribution in [2.24, 2.45) is 0 Å². The van der Waals surface area contributed by atoms with Gasteiger partial charge in [-0.3, -0.25) is 4.79 Å². The molecule has 0 atom stereocenters. The van der Waals surface area contributed by atoms with Gasteiger partial charge in [-0.05, 0) is 54.8 Å². The van der Waals surface area contributed by atoms with Crippen LogP contribution in [0.1, 0.15) is 35.3 Å². The van der Waals surface area contributed by atoms with Gasteiger partial charge in [-0.2, -0.15) is 4.31 Å². The van der Waals surface area contributed by atoms with Crippen LogP contribution < -0.4 is 10.1 Å². The predicted octanol–water partition coefficient (Wildman–Crippen LogP) is 2.99. The third kappa shape index (κ3) is 4.84. The second-order valence-electron chi connectivity index (χ2n) is 7.66. The van der Waals surface area contributed by atoms with Crippen molar-refractivity contribution in [1.82, 2.24) is 19.2 Å². The summed E-state index contributed by atoms with van der Waals surface area (Å²) in [5.41, 5.74) is 1.92. The van der Waals surface area contributed by atoms with Crippen molar-refractivity contribution in [3.8, 4) is 11.4 Å². The fourth-order valence-electron chi connectivity index (χ4n) is 3.68. The minimum Gasteiger partial charge on any atom is -0.497 e. The Morgan fingerprint density at radius 2 is 1.84 bits per heavy atom. The lowest BCUT2D eigenvalue weighted by Crippen LogP contribution is -2.35. The van der Waals surface area contributed by atoms with Gasteiger partial charge in [0, 0.05) is 31.5 Å². The number of rotatable bonds is 7. The largest absolute Gasteiger partial charge is 0.497 e. The number of aromatic nitrogens is 2. The molecular weight excluding hydrogens is 428 g/mol. The molecular formula is C23H26N4O4S. The molecule has 8 nitrogen and oxygen atoms in total. The average molecular weight is 455 g/mol. The number of hydrogen-bond acceptors (Lipinski definition) is 5. The average Bonchev–Trinajstić information content (AvgIpc) is 3.34. The highest BCUT2D eigenvalue weighted by Gasteiger charge is 2.25. The Labute approximate surface area is 187 Å². The highest BCUT2D eigenvalue weighted by Crippen LogP contribution is 2.22. The summed E-state index contributed by atoms with van der Waals surface area (Å²) in [5.74, 6) is 0.433. The Kier molecular flexibility index (Phi) is 6.57. The first-order valence-corrected chi connectivity index (χ1v) is 12.0. The van der Waals surface area contributed by atoms with E-state index < -0.39 is 10.0 Å². The number of sulfonamides is 1. The molecule has 1 fully saturated rings. The van der Waals surface area contributed by atoms with Crippen molar-refractivity contribution >= 4 is 15.9 Å². The summed E-state index contributed by atoms with van der Waals surface area (Å²) >= 11 is 0. The van der Waals surface area contributed by atoms with E-state index in [0.29, 0.717) is 19.6 Å². The molecule has 1 saturated heterocycles. The monoisotopic (exact) mass is 454 g/mol. The molecule has 3 aromatic rings. The predicted molar refractivity (Wildman–Crippen MR) is 120 cm³/mol. The van der Waals surface area contributed by atoms with Crippen molar-refractivity contribution in [1.29, 1.82) is 0 Å². The van der Waals surface area contributed by atoms with Gasteiger partial charge in [0.05, 0.1) is 12.0 Å². The van der Waals surface area contributed by atoms with Crippen LogP contribution in [0.5, 0.6) is 5.75 Å². The van der Waals surface area contributed by atoms with Gasteiger partial charge >= 0.3 is 0 Å². The Morgan fingerprint density at radius 1 is 1.09 bits per heavy atom. The van der Waals surface area contributed by atoms with Gasteiger partial charge in [-0.1, -0.05) is 18.6 Å². The van der Waals surface area contributed by atoms with Crippen molar-refractivity contribution < 1.29 is 17.9 Å². The molecule has 1 aliphatic rings. The second kappa shape index (κ2) is 9.54. The van der Waals surface area contributed by atoms with Crippen LogP contribution in [0.2, 0.25) is 0 Å². The van der Waals surface area contributed by atoms with E-state index in [0.717, 1.165) is 36.3 Å². The number of amides is 1. The number of imidazole rings is 1. The SMILES string of the molecule is COc1cccc(CNC(=O)c2cn(-c3ccc(S(=O)(=O)N4CCCCC4)cc3)cn2)c1. The van der Waals surface area contributed by atoms with Crippen LogP contribution in [0.25, 0.3) is 5.69 Å². The first-order chi connectivity index (χ1) is 15.5. The third-order valence-electron chi connectivity index (χ3n) is 5.49. The van der Waals surface area contributed by atoms with Gasteiger partial charge in [-0.15, -0.1) is 0 Å². The van der Waals surface area contributed by atoms with Gasteiger partial charge < -0.3 is 14.6 Å². The Hall–Kier alpha value is -3.17. The first-order valence-electron chi connectivity index (χ1n) is 10.5. The topological polar surface area (TPSA) is 93.5 Å². The zero-order chi connectivity index (χ0) is 22.6. The number of nitrogens with zero attached hydrogens (tertiary/aromatic N) is 3. The number of piperidine rings is 1. The second-order valence-corrected chi connectivity index (χ2v) is 9.60. The molecule has 9 heteroatoms. The molecule has 0 bridgehead atoms. The summed E-state index contributed by atoms with van der Waals surface area (Å²) in [4.78, 5) is 16.9. The number of ether oxygens (including phenoxy) is 1. The molecule has 0 radical (unpaired) electrons. The third-order valence-corrected chi connectivity index (χ3v) is 7.40. The van der Waals surface area contributed by atoms with E-state index in [2.05, 4.69) is 10.3 Å². The van der Waals surface area contributed by atoms with Gasteiger partial charge in [0.2, 0.25) is 10.0 Å². The summed E-state index contributed by atoms with van der Waals surface area (Å²) in [6.45, 7) is 1.49. The van der Waals surface area contributed by atoms with Crippen molar-refractivity contribution in [3.63, 3.8) is 0 Å². The number of nitrogens with one attached hydrogen (secondary N) is 1. The molecule has 168 valence electrons. The zero-order valence-corrected chi connectivity index (χ0v) is 18.7. The smallest absolute Gasteiger partial charge is 0.271 e.